The SMILES string of the molecule is CC(C)(C)c1cc(C(C)(C)C)c(OCCOCCOc2ccc(C3CCN(S(=O)(=O)c4ccc5c(c4)NCN(CC(=O)O)C5=O)CC3)cc2)cc1NC(=O)c1c[nH]c2ccccc2c1=O. The zero-order valence-electron chi connectivity index (χ0n) is 37.7. The Labute approximate surface area is 379 Å². The predicted octanol–water partition coefficient (Wildman–Crippen LogP) is 7.33. The summed E-state index contributed by atoms with van der Waals surface area (Å²) in [5.41, 5.74) is 3.85. The molecule has 1 saturated heterocycles. The molecule has 0 radical (unpaired) electrons. The summed E-state index contributed by atoms with van der Waals surface area (Å²) in [6.07, 6.45) is 2.73. The van der Waals surface area contributed by atoms with Gasteiger partial charge >= 0.3 is 5.97 Å². The van der Waals surface area contributed by atoms with Crippen LogP contribution in [0, 0.1) is 0 Å². The number of nitrogens with zero attached hydrogens (tertiary/aromatic N) is 2. The zero-order valence-corrected chi connectivity index (χ0v) is 38.5. The van der Waals surface area contributed by atoms with Gasteiger partial charge in [0.2, 0.25) is 15.5 Å². The average Bonchev–Trinajstić information content (AvgIpc) is 3.26. The van der Waals surface area contributed by atoms with E-state index in [2.05, 4.69) is 63.2 Å². The third-order valence-corrected chi connectivity index (χ3v) is 13.6. The number of para-hydroxylation sites is 1. The Balaban J connectivity index is 0.886. The minimum atomic E-state index is -3.82. The number of H-pyrrole nitrogens is 1. The van der Waals surface area contributed by atoms with E-state index < -0.39 is 34.4 Å². The number of hydrogen-bond donors (Lipinski definition) is 4. The van der Waals surface area contributed by atoms with Crippen molar-refractivity contribution < 1.29 is 42.1 Å². The molecule has 5 aromatic rings. The van der Waals surface area contributed by atoms with Gasteiger partial charge in [0, 0.05) is 47.6 Å². The van der Waals surface area contributed by atoms with Gasteiger partial charge in [-0.05, 0) is 94.8 Å². The van der Waals surface area contributed by atoms with Crippen molar-refractivity contribution in [2.75, 3.05) is 63.4 Å². The summed E-state index contributed by atoms with van der Waals surface area (Å²) in [6, 6.07) is 23.1. The van der Waals surface area contributed by atoms with Gasteiger partial charge in [0.15, 0.2) is 0 Å². The standard InChI is InChI=1S/C49H57N5O10S/c1-48(2,3)38-26-39(49(4,5)6)43(27-42(38)52-46(58)37-28-50-40-10-8-7-9-35(40)45(37)57)64-24-22-62-21-23-63-33-13-11-31(12-14-33)32-17-19-54(20-18-32)65(60,61)34-15-16-36-41(25-34)51-30-53(47(36)59)29-44(55)56/h7-16,25-28,32,51H,17-24,29-30H2,1-6H3,(H,50,57)(H,52,58)(H,55,56). The fourth-order valence-corrected chi connectivity index (χ4v) is 9.71. The van der Waals surface area contributed by atoms with E-state index in [0.29, 0.717) is 79.5 Å². The number of ether oxygens (including phenoxy) is 3. The molecule has 1 aromatic heterocycles. The maximum atomic E-state index is 13.6. The van der Waals surface area contributed by atoms with Crippen molar-refractivity contribution in [2.45, 2.75) is 76.0 Å². The maximum Gasteiger partial charge on any atom is 0.323 e. The number of hydrogen-bond acceptors (Lipinski definition) is 10. The van der Waals surface area contributed by atoms with Crippen LogP contribution < -0.4 is 25.5 Å². The van der Waals surface area contributed by atoms with Crippen molar-refractivity contribution >= 4 is 50.1 Å². The Hall–Kier alpha value is -6.23. The Morgan fingerprint density at radius 2 is 1.51 bits per heavy atom. The first-order chi connectivity index (χ1) is 30.8. The average molecular weight is 908 g/mol. The molecule has 0 bridgehead atoms. The largest absolute Gasteiger partial charge is 0.491 e. The molecular formula is C49H57N5O10S. The summed E-state index contributed by atoms with van der Waals surface area (Å²) in [6.45, 7) is 13.9. The lowest BCUT2D eigenvalue weighted by molar-refractivity contribution is -0.137. The first-order valence-electron chi connectivity index (χ1n) is 21.7. The van der Waals surface area contributed by atoms with Gasteiger partial charge in [0.1, 0.15) is 36.8 Å². The van der Waals surface area contributed by atoms with Crippen LogP contribution in [0.15, 0.2) is 94.7 Å². The number of benzene rings is 4. The lowest BCUT2D eigenvalue weighted by Gasteiger charge is -2.32. The summed E-state index contributed by atoms with van der Waals surface area (Å²) in [4.78, 5) is 55.0. The second kappa shape index (κ2) is 19.1. The monoisotopic (exact) mass is 907 g/mol. The number of pyridine rings is 1. The smallest absolute Gasteiger partial charge is 0.323 e. The molecule has 7 rings (SSSR count). The molecule has 344 valence electrons. The van der Waals surface area contributed by atoms with Gasteiger partial charge < -0.3 is 39.8 Å². The molecule has 3 heterocycles. The maximum absolute atomic E-state index is 13.6. The van der Waals surface area contributed by atoms with Crippen molar-refractivity contribution in [3.63, 3.8) is 0 Å². The molecule has 0 aliphatic carbocycles. The summed E-state index contributed by atoms with van der Waals surface area (Å²) in [7, 11) is -3.82. The van der Waals surface area contributed by atoms with Gasteiger partial charge in [-0.15, -0.1) is 0 Å². The van der Waals surface area contributed by atoms with Gasteiger partial charge in [0.25, 0.3) is 11.8 Å². The molecule has 65 heavy (non-hydrogen) atoms. The molecular weight excluding hydrogens is 851 g/mol. The van der Waals surface area contributed by atoms with E-state index in [4.69, 9.17) is 19.3 Å². The van der Waals surface area contributed by atoms with E-state index >= 15 is 0 Å². The summed E-state index contributed by atoms with van der Waals surface area (Å²) >= 11 is 0. The van der Waals surface area contributed by atoms with Crippen molar-refractivity contribution in [3.8, 4) is 11.5 Å². The van der Waals surface area contributed by atoms with E-state index in [1.54, 1.807) is 18.2 Å². The molecule has 1 fully saturated rings. The Bertz CT molecular complexity index is 2750. The first kappa shape index (κ1) is 46.8. The van der Waals surface area contributed by atoms with E-state index in [0.717, 1.165) is 21.6 Å². The summed E-state index contributed by atoms with van der Waals surface area (Å²) in [5.74, 6) is -0.638. The van der Waals surface area contributed by atoms with Crippen molar-refractivity contribution in [2.24, 2.45) is 0 Å². The number of aromatic nitrogens is 1. The first-order valence-corrected chi connectivity index (χ1v) is 23.2. The highest BCUT2D eigenvalue weighted by Crippen LogP contribution is 2.41. The van der Waals surface area contributed by atoms with Crippen LogP contribution in [0.4, 0.5) is 11.4 Å². The second-order valence-corrected chi connectivity index (χ2v) is 20.4. The summed E-state index contributed by atoms with van der Waals surface area (Å²) < 4.78 is 46.8. The van der Waals surface area contributed by atoms with Gasteiger partial charge in [-0.25, -0.2) is 8.42 Å². The minimum absolute atomic E-state index is 0.0176. The second-order valence-electron chi connectivity index (χ2n) is 18.4. The van der Waals surface area contributed by atoms with Crippen LogP contribution in [-0.4, -0.2) is 98.2 Å². The Morgan fingerprint density at radius 3 is 2.18 bits per heavy atom. The molecule has 4 N–H and O–H groups in total. The van der Waals surface area contributed by atoms with Crippen LogP contribution in [-0.2, 0) is 30.4 Å². The molecule has 0 spiro atoms. The highest BCUT2D eigenvalue weighted by atomic mass is 32.2. The number of nitrogens with one attached hydrogen (secondary N) is 3. The van der Waals surface area contributed by atoms with Crippen molar-refractivity contribution in [1.82, 2.24) is 14.2 Å². The normalized spacial score (nSPS) is 15.0. The van der Waals surface area contributed by atoms with Crippen LogP contribution >= 0.6 is 0 Å². The number of anilines is 2. The van der Waals surface area contributed by atoms with Crippen LogP contribution in [0.5, 0.6) is 11.5 Å². The van der Waals surface area contributed by atoms with Crippen LogP contribution in [0.25, 0.3) is 10.9 Å². The van der Waals surface area contributed by atoms with Crippen LogP contribution in [0.3, 0.4) is 0 Å². The molecule has 2 amide bonds. The molecule has 2 aliphatic heterocycles. The Kier molecular flexibility index (Phi) is 13.7. The number of fused-ring (bicyclic) bond motifs is 2. The van der Waals surface area contributed by atoms with Gasteiger partial charge in [-0.3, -0.25) is 19.2 Å². The molecule has 15 nitrogen and oxygen atoms in total. The van der Waals surface area contributed by atoms with E-state index in [-0.39, 0.29) is 51.5 Å². The molecule has 0 atom stereocenters. The number of carbonyl (C=O) groups excluding carboxylic acids is 2. The van der Waals surface area contributed by atoms with Gasteiger partial charge in [0.05, 0.1) is 30.3 Å². The predicted molar refractivity (Wildman–Crippen MR) is 249 cm³/mol. The highest BCUT2D eigenvalue weighted by molar-refractivity contribution is 7.89. The molecule has 4 aromatic carbocycles. The van der Waals surface area contributed by atoms with Gasteiger partial charge in [-0.1, -0.05) is 65.8 Å². The third kappa shape index (κ3) is 10.7. The lowest BCUT2D eigenvalue weighted by atomic mass is 9.79. The molecule has 2 aliphatic rings. The van der Waals surface area contributed by atoms with Crippen molar-refractivity contribution in [1.29, 1.82) is 0 Å². The van der Waals surface area contributed by atoms with E-state index in [9.17, 15) is 27.6 Å². The number of amides is 2. The molecule has 0 saturated carbocycles. The highest BCUT2D eigenvalue weighted by Gasteiger charge is 2.33. The van der Waals surface area contributed by atoms with Crippen molar-refractivity contribution in [3.05, 3.63) is 123 Å². The topological polar surface area (TPSA) is 197 Å². The van der Waals surface area contributed by atoms with Gasteiger partial charge in [-0.2, -0.15) is 4.31 Å². The lowest BCUT2D eigenvalue weighted by Crippen LogP contribution is -2.43. The number of aromatic amines is 1. The number of piperidine rings is 1. The van der Waals surface area contributed by atoms with E-state index in [1.165, 1.54) is 28.7 Å². The number of aliphatic carboxylic acids is 1. The van der Waals surface area contributed by atoms with Crippen LogP contribution in [0.2, 0.25) is 0 Å². The fraction of sp³-hybridized carbons (Fsp3) is 0.388. The zero-order chi connectivity index (χ0) is 46.7. The third-order valence-electron chi connectivity index (χ3n) is 11.7. The number of sulfonamides is 1. The number of rotatable bonds is 15. The number of carboxylic acids is 1. The van der Waals surface area contributed by atoms with E-state index in [1.807, 2.05) is 36.4 Å². The summed E-state index contributed by atoms with van der Waals surface area (Å²) in [5, 5.41) is 15.5. The molecule has 16 heteroatoms. The Morgan fingerprint density at radius 1 is 0.831 bits per heavy atom. The molecule has 0 unspecified atom stereocenters. The quantitative estimate of drug-likeness (QED) is 0.0768. The fourth-order valence-electron chi connectivity index (χ4n) is 8.21. The van der Waals surface area contributed by atoms with Crippen LogP contribution in [0.1, 0.15) is 97.7 Å². The minimum Gasteiger partial charge on any atom is -0.491 e. The number of carboxylic acid groups (broad SMARTS) is 1. The number of carbonyl (C=O) groups is 3.